The van der Waals surface area contributed by atoms with Crippen molar-refractivity contribution < 1.29 is 0 Å². The van der Waals surface area contributed by atoms with E-state index in [9.17, 15) is 0 Å². The summed E-state index contributed by atoms with van der Waals surface area (Å²) in [6.07, 6.45) is 3.91. The maximum atomic E-state index is 6.54. The Labute approximate surface area is 134 Å². The Morgan fingerprint density at radius 2 is 2.00 bits per heavy atom. The lowest BCUT2D eigenvalue weighted by atomic mass is 10.1. The van der Waals surface area contributed by atoms with Crippen molar-refractivity contribution in [3.05, 3.63) is 28.8 Å². The van der Waals surface area contributed by atoms with Crippen molar-refractivity contribution in [1.29, 1.82) is 0 Å². The molecule has 1 fully saturated rings. The van der Waals surface area contributed by atoms with Gasteiger partial charge in [-0.2, -0.15) is 0 Å². The molecule has 0 bridgehead atoms. The van der Waals surface area contributed by atoms with E-state index in [-0.39, 0.29) is 0 Å². The summed E-state index contributed by atoms with van der Waals surface area (Å²) in [5.41, 5.74) is 2.46. The van der Waals surface area contributed by atoms with Gasteiger partial charge in [-0.1, -0.05) is 24.6 Å². The Bertz CT molecular complexity index is 455. The van der Waals surface area contributed by atoms with Crippen LogP contribution in [-0.2, 0) is 0 Å². The van der Waals surface area contributed by atoms with Gasteiger partial charge < -0.3 is 10.2 Å². The molecule has 118 valence electrons. The van der Waals surface area contributed by atoms with Crippen LogP contribution < -0.4 is 10.2 Å². The lowest BCUT2D eigenvalue weighted by Crippen LogP contribution is -2.32. The molecule has 2 rings (SSSR count). The van der Waals surface area contributed by atoms with Crippen LogP contribution in [0.3, 0.4) is 0 Å². The topological polar surface area (TPSA) is 15.3 Å². The molecule has 1 aliphatic rings. The minimum Gasteiger partial charge on any atom is -0.369 e. The van der Waals surface area contributed by atoms with Crippen LogP contribution in [0.25, 0.3) is 0 Å². The molecule has 1 unspecified atom stereocenters. The van der Waals surface area contributed by atoms with E-state index in [1.54, 1.807) is 0 Å². The number of nitrogens with zero attached hydrogens (tertiary/aromatic N) is 1. The third-order valence-corrected chi connectivity index (χ3v) is 4.59. The van der Waals surface area contributed by atoms with E-state index in [0.717, 1.165) is 30.5 Å². The summed E-state index contributed by atoms with van der Waals surface area (Å²) in [7, 11) is 0. The Balaban J connectivity index is 2.12. The second kappa shape index (κ2) is 7.51. The Kier molecular flexibility index (Phi) is 5.95. The highest BCUT2D eigenvalue weighted by atomic mass is 35.5. The number of halogens is 1. The van der Waals surface area contributed by atoms with Crippen molar-refractivity contribution in [3.8, 4) is 0 Å². The lowest BCUT2D eigenvalue weighted by molar-refractivity contribution is 0.570. The summed E-state index contributed by atoms with van der Waals surface area (Å²) in [5, 5.41) is 4.38. The summed E-state index contributed by atoms with van der Waals surface area (Å²) in [5.74, 6) is 0.885. The van der Waals surface area contributed by atoms with Gasteiger partial charge in [0.1, 0.15) is 0 Å². The van der Waals surface area contributed by atoms with Crippen LogP contribution in [0.4, 0.5) is 5.69 Å². The van der Waals surface area contributed by atoms with Gasteiger partial charge in [-0.25, -0.2) is 0 Å². The van der Waals surface area contributed by atoms with Gasteiger partial charge in [0.25, 0.3) is 0 Å². The van der Waals surface area contributed by atoms with Crippen molar-refractivity contribution >= 4 is 17.3 Å². The Hall–Kier alpha value is -0.730. The molecule has 3 heteroatoms. The van der Waals surface area contributed by atoms with E-state index in [1.165, 1.54) is 24.1 Å². The largest absolute Gasteiger partial charge is 0.369 e. The summed E-state index contributed by atoms with van der Waals surface area (Å²) in [6, 6.07) is 7.38. The predicted octanol–water partition coefficient (Wildman–Crippen LogP) is 5.03. The zero-order valence-electron chi connectivity index (χ0n) is 13.8. The molecule has 1 aliphatic carbocycles. The summed E-state index contributed by atoms with van der Waals surface area (Å²) < 4.78 is 0. The third kappa shape index (κ3) is 4.62. The highest BCUT2D eigenvalue weighted by Crippen LogP contribution is 2.34. The van der Waals surface area contributed by atoms with Gasteiger partial charge in [0.05, 0.1) is 0 Å². The molecule has 0 aliphatic heterocycles. The van der Waals surface area contributed by atoms with Crippen molar-refractivity contribution in [3.63, 3.8) is 0 Å². The molecule has 0 spiro atoms. The number of nitrogens with one attached hydrogen (secondary N) is 1. The molecule has 1 N–H and O–H groups in total. The van der Waals surface area contributed by atoms with E-state index < -0.39 is 0 Å². The molecule has 1 aromatic carbocycles. The van der Waals surface area contributed by atoms with Gasteiger partial charge in [0, 0.05) is 29.3 Å². The number of benzene rings is 1. The van der Waals surface area contributed by atoms with Crippen molar-refractivity contribution in [1.82, 2.24) is 5.32 Å². The number of hydrogen-bond donors (Lipinski definition) is 1. The molecule has 0 aromatic heterocycles. The maximum absolute atomic E-state index is 6.54. The molecule has 1 saturated carbocycles. The van der Waals surface area contributed by atoms with Gasteiger partial charge in [-0.05, 0) is 70.2 Å². The average Bonchev–Trinajstić information content (AvgIpc) is 3.25. The van der Waals surface area contributed by atoms with Crippen LogP contribution in [0.2, 0.25) is 5.02 Å². The lowest BCUT2D eigenvalue weighted by Gasteiger charge is -2.30. The van der Waals surface area contributed by atoms with Gasteiger partial charge in [0.2, 0.25) is 0 Å². The molecule has 1 aromatic rings. The van der Waals surface area contributed by atoms with E-state index >= 15 is 0 Å². The molecule has 0 amide bonds. The number of hydrogen-bond acceptors (Lipinski definition) is 2. The fourth-order valence-corrected chi connectivity index (χ4v) is 3.05. The fourth-order valence-electron chi connectivity index (χ4n) is 2.71. The quantitative estimate of drug-likeness (QED) is 0.725. The first-order valence-corrected chi connectivity index (χ1v) is 8.70. The fraction of sp³-hybridized carbons (Fsp3) is 0.667. The number of rotatable bonds is 8. The molecule has 21 heavy (non-hydrogen) atoms. The SMILES string of the molecule is CCCNC(C)c1ccc(N(CC2CC2)C(C)C)cc1Cl. The molecular weight excluding hydrogens is 280 g/mol. The monoisotopic (exact) mass is 308 g/mol. The first-order chi connectivity index (χ1) is 10.0. The van der Waals surface area contributed by atoms with Crippen LogP contribution >= 0.6 is 11.6 Å². The molecule has 0 radical (unpaired) electrons. The molecule has 1 atom stereocenters. The van der Waals surface area contributed by atoms with Crippen LogP contribution in [0, 0.1) is 5.92 Å². The Morgan fingerprint density at radius 3 is 2.52 bits per heavy atom. The standard InChI is InChI=1S/C18H29ClN2/c1-5-10-20-14(4)17-9-8-16(11-18(17)19)21(13(2)3)12-15-6-7-15/h8-9,11,13-15,20H,5-7,10,12H2,1-4H3. The highest BCUT2D eigenvalue weighted by molar-refractivity contribution is 6.31. The first-order valence-electron chi connectivity index (χ1n) is 8.32. The average molecular weight is 309 g/mol. The van der Waals surface area contributed by atoms with Crippen LogP contribution in [0.5, 0.6) is 0 Å². The zero-order chi connectivity index (χ0) is 15.4. The van der Waals surface area contributed by atoms with Crippen molar-refractivity contribution in [2.24, 2.45) is 5.92 Å². The summed E-state index contributed by atoms with van der Waals surface area (Å²) in [4.78, 5) is 2.48. The van der Waals surface area contributed by atoms with Crippen LogP contribution in [0.1, 0.15) is 58.6 Å². The maximum Gasteiger partial charge on any atom is 0.0474 e. The van der Waals surface area contributed by atoms with Crippen molar-refractivity contribution in [2.45, 2.75) is 59.0 Å². The molecule has 2 nitrogen and oxygen atoms in total. The van der Waals surface area contributed by atoms with Crippen molar-refractivity contribution in [2.75, 3.05) is 18.0 Å². The van der Waals surface area contributed by atoms with Crippen LogP contribution in [0.15, 0.2) is 18.2 Å². The summed E-state index contributed by atoms with van der Waals surface area (Å²) in [6.45, 7) is 11.1. The molecular formula is C18H29ClN2. The van der Waals surface area contributed by atoms with E-state index in [2.05, 4.69) is 56.1 Å². The molecule has 0 heterocycles. The minimum absolute atomic E-state index is 0.308. The summed E-state index contributed by atoms with van der Waals surface area (Å²) >= 11 is 6.54. The van der Waals surface area contributed by atoms with E-state index in [4.69, 9.17) is 11.6 Å². The Morgan fingerprint density at radius 1 is 1.29 bits per heavy atom. The molecule has 0 saturated heterocycles. The van der Waals surface area contributed by atoms with Gasteiger partial charge in [0.15, 0.2) is 0 Å². The van der Waals surface area contributed by atoms with E-state index in [1.807, 2.05) is 0 Å². The zero-order valence-corrected chi connectivity index (χ0v) is 14.6. The minimum atomic E-state index is 0.308. The second-order valence-electron chi connectivity index (χ2n) is 6.57. The smallest absolute Gasteiger partial charge is 0.0474 e. The highest BCUT2D eigenvalue weighted by Gasteiger charge is 2.26. The predicted molar refractivity (Wildman–Crippen MR) is 93.4 cm³/mol. The van der Waals surface area contributed by atoms with Gasteiger partial charge >= 0.3 is 0 Å². The number of anilines is 1. The van der Waals surface area contributed by atoms with E-state index in [0.29, 0.717) is 12.1 Å². The third-order valence-electron chi connectivity index (χ3n) is 4.26. The van der Waals surface area contributed by atoms with Gasteiger partial charge in [-0.3, -0.25) is 0 Å². The normalized spacial score (nSPS) is 16.3. The van der Waals surface area contributed by atoms with Crippen LogP contribution in [-0.4, -0.2) is 19.1 Å². The van der Waals surface area contributed by atoms with Gasteiger partial charge in [-0.15, -0.1) is 0 Å². The first kappa shape index (κ1) is 16.6. The second-order valence-corrected chi connectivity index (χ2v) is 6.98.